The van der Waals surface area contributed by atoms with E-state index >= 15 is 0 Å². The maximum Gasteiger partial charge on any atom is 0.126 e. The van der Waals surface area contributed by atoms with Gasteiger partial charge in [0.1, 0.15) is 29.3 Å². The molecule has 1 heterocycles. The van der Waals surface area contributed by atoms with Crippen LogP contribution in [0.3, 0.4) is 0 Å². The van der Waals surface area contributed by atoms with Crippen LogP contribution in [0.25, 0.3) is 0 Å². The summed E-state index contributed by atoms with van der Waals surface area (Å²) >= 11 is 0. The molecule has 0 amide bonds. The van der Waals surface area contributed by atoms with Crippen LogP contribution in [-0.4, -0.2) is 33.1 Å². The summed E-state index contributed by atoms with van der Waals surface area (Å²) < 4.78 is 6.41. The van der Waals surface area contributed by atoms with Crippen LogP contribution >= 0.6 is 0 Å². The quantitative estimate of drug-likeness (QED) is 0.260. The van der Waals surface area contributed by atoms with E-state index in [1.54, 1.807) is 12.1 Å². The highest BCUT2D eigenvalue weighted by Crippen LogP contribution is 2.39. The normalized spacial score (nSPS) is 20.4. The highest BCUT2D eigenvalue weighted by Gasteiger charge is 2.32. The molecule has 1 aliphatic heterocycles. The summed E-state index contributed by atoms with van der Waals surface area (Å²) in [6, 6.07) is 3.61. The number of aliphatic hydroxyl groups is 2. The van der Waals surface area contributed by atoms with Crippen molar-refractivity contribution in [1.82, 2.24) is 0 Å². The van der Waals surface area contributed by atoms with Gasteiger partial charge in [-0.15, -0.1) is 0 Å². The Hall–Kier alpha value is -2.30. The number of aryl methyl sites for hydroxylation is 2. The molecule has 36 heavy (non-hydrogen) atoms. The SMILES string of the molecule is CC(C)=C[C@H](O)[C@@H](O)/C(C)=C/CC/C(C)=C/CC/C(C)=C/CC[C@]1(C)CCc2cc(O)cc(C)c2O1. The Labute approximate surface area is 219 Å². The predicted octanol–water partition coefficient (Wildman–Crippen LogP) is 7.65. The molecule has 0 spiro atoms. The summed E-state index contributed by atoms with van der Waals surface area (Å²) in [5.41, 5.74) is 6.54. The third kappa shape index (κ3) is 9.63. The molecule has 0 radical (unpaired) electrons. The van der Waals surface area contributed by atoms with Gasteiger partial charge in [0.25, 0.3) is 0 Å². The second kappa shape index (κ2) is 13.9. The molecule has 1 aliphatic rings. The van der Waals surface area contributed by atoms with Crippen molar-refractivity contribution in [3.05, 3.63) is 69.9 Å². The number of aromatic hydroxyl groups is 1. The van der Waals surface area contributed by atoms with E-state index in [-0.39, 0.29) is 5.60 Å². The van der Waals surface area contributed by atoms with Crippen LogP contribution < -0.4 is 4.74 Å². The van der Waals surface area contributed by atoms with Crippen molar-refractivity contribution in [3.63, 3.8) is 0 Å². The second-order valence-corrected chi connectivity index (χ2v) is 11.1. The first-order valence-corrected chi connectivity index (χ1v) is 13.4. The van der Waals surface area contributed by atoms with E-state index in [0.717, 1.165) is 79.4 Å². The van der Waals surface area contributed by atoms with Gasteiger partial charge in [-0.2, -0.15) is 0 Å². The zero-order valence-corrected chi connectivity index (χ0v) is 23.5. The number of phenols is 1. The van der Waals surface area contributed by atoms with Crippen LogP contribution in [0.1, 0.15) is 97.6 Å². The van der Waals surface area contributed by atoms with Gasteiger partial charge in [-0.05, 0) is 129 Å². The van der Waals surface area contributed by atoms with Gasteiger partial charge < -0.3 is 20.1 Å². The van der Waals surface area contributed by atoms with Crippen molar-refractivity contribution in [2.24, 2.45) is 0 Å². The van der Waals surface area contributed by atoms with Crippen molar-refractivity contribution < 1.29 is 20.1 Å². The van der Waals surface area contributed by atoms with E-state index < -0.39 is 12.2 Å². The van der Waals surface area contributed by atoms with Crippen molar-refractivity contribution in [2.45, 2.75) is 118 Å². The van der Waals surface area contributed by atoms with E-state index in [1.807, 2.05) is 39.8 Å². The maximum absolute atomic E-state index is 10.2. The maximum atomic E-state index is 10.2. The Morgan fingerprint density at radius 1 is 0.972 bits per heavy atom. The lowest BCUT2D eigenvalue weighted by molar-refractivity contribution is 0.0561. The number of rotatable bonds is 12. The fraction of sp³-hybridized carbons (Fsp3) is 0.562. The molecular weight excluding hydrogens is 448 g/mol. The first-order chi connectivity index (χ1) is 16.9. The van der Waals surface area contributed by atoms with Gasteiger partial charge in [-0.25, -0.2) is 0 Å². The third-order valence-electron chi connectivity index (χ3n) is 7.10. The third-order valence-corrected chi connectivity index (χ3v) is 7.10. The van der Waals surface area contributed by atoms with Crippen LogP contribution in [0, 0.1) is 6.92 Å². The van der Waals surface area contributed by atoms with E-state index in [4.69, 9.17) is 4.74 Å². The minimum Gasteiger partial charge on any atom is -0.508 e. The molecule has 1 aromatic carbocycles. The van der Waals surface area contributed by atoms with E-state index in [1.165, 1.54) is 11.1 Å². The lowest BCUT2D eigenvalue weighted by Crippen LogP contribution is -2.36. The van der Waals surface area contributed by atoms with Crippen molar-refractivity contribution in [1.29, 1.82) is 0 Å². The molecule has 0 fully saturated rings. The smallest absolute Gasteiger partial charge is 0.126 e. The predicted molar refractivity (Wildman–Crippen MR) is 151 cm³/mol. The Morgan fingerprint density at radius 2 is 1.58 bits per heavy atom. The van der Waals surface area contributed by atoms with Gasteiger partial charge in [-0.1, -0.05) is 41.0 Å². The molecule has 0 unspecified atom stereocenters. The minimum atomic E-state index is -0.848. The molecule has 3 N–H and O–H groups in total. The molecule has 200 valence electrons. The molecule has 3 atom stereocenters. The molecule has 0 saturated heterocycles. The minimum absolute atomic E-state index is 0.164. The van der Waals surface area contributed by atoms with Gasteiger partial charge in [0.2, 0.25) is 0 Å². The number of hydrogen-bond donors (Lipinski definition) is 3. The van der Waals surface area contributed by atoms with E-state index in [2.05, 4.69) is 32.9 Å². The summed E-state index contributed by atoms with van der Waals surface area (Å²) in [6.07, 6.45) is 14.5. The lowest BCUT2D eigenvalue weighted by Gasteiger charge is -2.36. The standard InChI is InChI=1S/C32H48O4/c1-22(2)19-29(34)30(35)25(5)15-9-13-23(3)11-8-12-24(4)14-10-17-32(7)18-16-27-21-28(33)20-26(6)31(27)36-32/h11,14-15,19-21,29-30,33-35H,8-10,12-13,16-18H2,1-7H3/b23-11+,24-14+,25-15+/t29-,30-,32+/m0/s1. The van der Waals surface area contributed by atoms with Crippen molar-refractivity contribution >= 4 is 0 Å². The molecule has 0 aliphatic carbocycles. The number of hydrogen-bond acceptors (Lipinski definition) is 4. The molecule has 0 bridgehead atoms. The monoisotopic (exact) mass is 496 g/mol. The average Bonchev–Trinajstić information content (AvgIpc) is 2.78. The fourth-order valence-electron chi connectivity index (χ4n) is 4.76. The van der Waals surface area contributed by atoms with Crippen molar-refractivity contribution in [3.8, 4) is 11.5 Å². The lowest BCUT2D eigenvalue weighted by atomic mass is 9.87. The Kier molecular flexibility index (Phi) is 11.5. The summed E-state index contributed by atoms with van der Waals surface area (Å²) in [4.78, 5) is 0. The number of allylic oxidation sites excluding steroid dienone is 6. The Balaban J connectivity index is 1.75. The van der Waals surface area contributed by atoms with Crippen LogP contribution in [-0.2, 0) is 6.42 Å². The van der Waals surface area contributed by atoms with Gasteiger partial charge in [0, 0.05) is 0 Å². The summed E-state index contributed by atoms with van der Waals surface area (Å²) in [7, 11) is 0. The first kappa shape index (κ1) is 29.9. The van der Waals surface area contributed by atoms with Gasteiger partial charge >= 0.3 is 0 Å². The van der Waals surface area contributed by atoms with Gasteiger partial charge in [0.15, 0.2) is 0 Å². The Morgan fingerprint density at radius 3 is 2.22 bits per heavy atom. The molecule has 4 heteroatoms. The average molecular weight is 497 g/mol. The zero-order chi connectivity index (χ0) is 26.9. The van der Waals surface area contributed by atoms with Gasteiger partial charge in [-0.3, -0.25) is 0 Å². The Bertz CT molecular complexity index is 994. The van der Waals surface area contributed by atoms with Crippen molar-refractivity contribution in [2.75, 3.05) is 0 Å². The molecule has 1 aromatic rings. The number of fused-ring (bicyclic) bond motifs is 1. The van der Waals surface area contributed by atoms with Crippen LogP contribution in [0.5, 0.6) is 11.5 Å². The number of phenolic OH excluding ortho intramolecular Hbond substituents is 1. The largest absolute Gasteiger partial charge is 0.508 e. The molecule has 2 rings (SSSR count). The zero-order valence-electron chi connectivity index (χ0n) is 23.5. The number of ether oxygens (including phenoxy) is 1. The van der Waals surface area contributed by atoms with Crippen LogP contribution in [0.2, 0.25) is 0 Å². The highest BCUT2D eigenvalue weighted by molar-refractivity contribution is 5.47. The topological polar surface area (TPSA) is 69.9 Å². The number of benzene rings is 1. The van der Waals surface area contributed by atoms with E-state index in [9.17, 15) is 15.3 Å². The van der Waals surface area contributed by atoms with E-state index in [0.29, 0.717) is 5.75 Å². The fourth-order valence-corrected chi connectivity index (χ4v) is 4.76. The van der Waals surface area contributed by atoms with Gasteiger partial charge in [0.05, 0.1) is 0 Å². The highest BCUT2D eigenvalue weighted by atomic mass is 16.5. The van der Waals surface area contributed by atoms with Crippen LogP contribution in [0.4, 0.5) is 0 Å². The molecule has 4 nitrogen and oxygen atoms in total. The number of aliphatic hydroxyl groups excluding tert-OH is 2. The molecule has 0 aromatic heterocycles. The molecular formula is C32H48O4. The first-order valence-electron chi connectivity index (χ1n) is 13.4. The summed E-state index contributed by atoms with van der Waals surface area (Å²) in [5, 5.41) is 30.1. The molecule has 0 saturated carbocycles. The summed E-state index contributed by atoms with van der Waals surface area (Å²) in [5.74, 6) is 1.27. The van der Waals surface area contributed by atoms with Crippen LogP contribution in [0.15, 0.2) is 58.7 Å². The second-order valence-electron chi connectivity index (χ2n) is 11.1. The summed E-state index contributed by atoms with van der Waals surface area (Å²) in [6.45, 7) is 14.3.